The molecule has 1 aromatic carbocycles. The number of hydrogen-bond donors (Lipinski definition) is 1. The molecule has 7 heteroatoms. The molecular formula is C15H14BrClN2O3. The zero-order valence-electron chi connectivity index (χ0n) is 11.8. The summed E-state index contributed by atoms with van der Waals surface area (Å²) in [6, 6.07) is 8.70. The molecule has 0 spiro atoms. The zero-order valence-corrected chi connectivity index (χ0v) is 14.1. The molecule has 1 amide bonds. The number of aromatic nitrogens is 1. The van der Waals surface area contributed by atoms with E-state index in [1.165, 1.54) is 6.20 Å². The number of nitrogens with zero attached hydrogens (tertiary/aromatic N) is 1. The molecule has 22 heavy (non-hydrogen) atoms. The lowest BCUT2D eigenvalue weighted by atomic mass is 10.2. The highest BCUT2D eigenvalue weighted by atomic mass is 79.9. The second kappa shape index (κ2) is 8.12. The fourth-order valence-electron chi connectivity index (χ4n) is 1.69. The van der Waals surface area contributed by atoms with Crippen molar-refractivity contribution in [2.24, 2.45) is 0 Å². The summed E-state index contributed by atoms with van der Waals surface area (Å²) in [5, 5.41) is 2.91. The Morgan fingerprint density at radius 3 is 2.95 bits per heavy atom. The number of amides is 1. The smallest absolute Gasteiger partial charge is 0.258 e. The predicted molar refractivity (Wildman–Crippen MR) is 88.7 cm³/mol. The van der Waals surface area contributed by atoms with Crippen LogP contribution in [0.3, 0.4) is 0 Å². The lowest BCUT2D eigenvalue weighted by Crippen LogP contribution is -2.13. The maximum absolute atomic E-state index is 12.2. The van der Waals surface area contributed by atoms with E-state index in [0.29, 0.717) is 34.7 Å². The SMILES string of the molecule is COCCOc1cccc(NC(=O)c2cc(Br)cnc2Cl)c1. The Balaban J connectivity index is 2.08. The molecule has 1 aromatic heterocycles. The van der Waals surface area contributed by atoms with Crippen LogP contribution in [0.1, 0.15) is 10.4 Å². The van der Waals surface area contributed by atoms with Crippen LogP contribution in [0.25, 0.3) is 0 Å². The lowest BCUT2D eigenvalue weighted by Gasteiger charge is -2.09. The first-order chi connectivity index (χ1) is 10.6. The second-order valence-corrected chi connectivity index (χ2v) is 5.59. The minimum atomic E-state index is -0.340. The zero-order chi connectivity index (χ0) is 15.9. The summed E-state index contributed by atoms with van der Waals surface area (Å²) in [5.74, 6) is 0.307. The van der Waals surface area contributed by atoms with Crippen molar-refractivity contribution in [1.82, 2.24) is 4.98 Å². The molecular weight excluding hydrogens is 372 g/mol. The highest BCUT2D eigenvalue weighted by molar-refractivity contribution is 9.10. The number of halogens is 2. The number of methoxy groups -OCH3 is 1. The summed E-state index contributed by atoms with van der Waals surface area (Å²) >= 11 is 9.21. The fourth-order valence-corrected chi connectivity index (χ4v) is 2.21. The normalized spacial score (nSPS) is 10.3. The maximum atomic E-state index is 12.2. The van der Waals surface area contributed by atoms with Crippen molar-refractivity contribution >= 4 is 39.1 Å². The van der Waals surface area contributed by atoms with Gasteiger partial charge in [-0.2, -0.15) is 0 Å². The van der Waals surface area contributed by atoms with Gasteiger partial charge < -0.3 is 14.8 Å². The third-order valence-electron chi connectivity index (χ3n) is 2.70. The van der Waals surface area contributed by atoms with Crippen molar-refractivity contribution in [1.29, 1.82) is 0 Å². The van der Waals surface area contributed by atoms with Crippen molar-refractivity contribution in [3.8, 4) is 5.75 Å². The molecule has 1 N–H and O–H groups in total. The summed E-state index contributed by atoms with van der Waals surface area (Å²) in [4.78, 5) is 16.2. The number of carbonyl (C=O) groups is 1. The summed E-state index contributed by atoms with van der Waals surface area (Å²) < 4.78 is 11.1. The molecule has 116 valence electrons. The van der Waals surface area contributed by atoms with Crippen LogP contribution in [0.4, 0.5) is 5.69 Å². The minimum absolute atomic E-state index is 0.146. The number of rotatable bonds is 6. The first-order valence-corrected chi connectivity index (χ1v) is 7.61. The van der Waals surface area contributed by atoms with E-state index in [-0.39, 0.29) is 11.1 Å². The highest BCUT2D eigenvalue weighted by Gasteiger charge is 2.12. The van der Waals surface area contributed by atoms with Gasteiger partial charge in [0.25, 0.3) is 5.91 Å². The van der Waals surface area contributed by atoms with Crippen molar-refractivity contribution in [2.75, 3.05) is 25.6 Å². The van der Waals surface area contributed by atoms with Gasteiger partial charge in [0, 0.05) is 29.5 Å². The molecule has 2 aromatic rings. The molecule has 0 aliphatic heterocycles. The van der Waals surface area contributed by atoms with Gasteiger partial charge in [0.1, 0.15) is 17.5 Å². The van der Waals surface area contributed by atoms with Gasteiger partial charge in [-0.1, -0.05) is 17.7 Å². The van der Waals surface area contributed by atoms with Gasteiger partial charge in [0.15, 0.2) is 0 Å². The standard InChI is InChI=1S/C15H14BrClN2O3/c1-21-5-6-22-12-4-2-3-11(8-12)19-15(20)13-7-10(16)9-18-14(13)17/h2-4,7-9H,5-6H2,1H3,(H,19,20). The van der Waals surface area contributed by atoms with Crippen molar-refractivity contribution in [3.63, 3.8) is 0 Å². The van der Waals surface area contributed by atoms with E-state index in [9.17, 15) is 4.79 Å². The van der Waals surface area contributed by atoms with Crippen LogP contribution in [0.2, 0.25) is 5.15 Å². The number of carbonyl (C=O) groups excluding carboxylic acids is 1. The van der Waals surface area contributed by atoms with Crippen molar-refractivity contribution < 1.29 is 14.3 Å². The van der Waals surface area contributed by atoms with Crippen LogP contribution in [0.15, 0.2) is 41.0 Å². The third kappa shape index (κ3) is 4.69. The Bertz CT molecular complexity index is 667. The van der Waals surface area contributed by atoms with Gasteiger partial charge in [0.2, 0.25) is 0 Å². The predicted octanol–water partition coefficient (Wildman–Crippen LogP) is 3.78. The minimum Gasteiger partial charge on any atom is -0.491 e. The Hall–Kier alpha value is -1.63. The molecule has 1 heterocycles. The largest absolute Gasteiger partial charge is 0.491 e. The second-order valence-electron chi connectivity index (χ2n) is 4.32. The van der Waals surface area contributed by atoms with Crippen LogP contribution >= 0.6 is 27.5 Å². The number of ether oxygens (including phenoxy) is 2. The van der Waals surface area contributed by atoms with E-state index in [1.807, 2.05) is 0 Å². The van der Waals surface area contributed by atoms with Gasteiger partial charge in [-0.3, -0.25) is 4.79 Å². The summed E-state index contributed by atoms with van der Waals surface area (Å²) in [6.07, 6.45) is 1.53. The van der Waals surface area contributed by atoms with Crippen molar-refractivity contribution in [3.05, 3.63) is 51.7 Å². The average Bonchev–Trinajstić information content (AvgIpc) is 2.50. The Labute approximate surface area is 141 Å². The topological polar surface area (TPSA) is 60.5 Å². The number of hydrogen-bond acceptors (Lipinski definition) is 4. The molecule has 0 radical (unpaired) electrons. The molecule has 0 saturated heterocycles. The summed E-state index contributed by atoms with van der Waals surface area (Å²) in [6.45, 7) is 0.936. The summed E-state index contributed by atoms with van der Waals surface area (Å²) in [5.41, 5.74) is 0.901. The Morgan fingerprint density at radius 1 is 1.36 bits per heavy atom. The van der Waals surface area contributed by atoms with Gasteiger partial charge in [-0.05, 0) is 34.1 Å². The number of nitrogens with one attached hydrogen (secondary N) is 1. The molecule has 0 fully saturated rings. The number of pyridine rings is 1. The van der Waals surface area contributed by atoms with Gasteiger partial charge in [-0.25, -0.2) is 4.98 Å². The van der Waals surface area contributed by atoms with Crippen LogP contribution in [-0.2, 0) is 4.74 Å². The van der Waals surface area contributed by atoms with E-state index >= 15 is 0 Å². The first kappa shape index (κ1) is 16.7. The van der Waals surface area contributed by atoms with Crippen LogP contribution in [-0.4, -0.2) is 31.2 Å². The van der Waals surface area contributed by atoms with Crippen molar-refractivity contribution in [2.45, 2.75) is 0 Å². The number of benzene rings is 1. The molecule has 0 bridgehead atoms. The Kier molecular flexibility index (Phi) is 6.18. The molecule has 0 aliphatic rings. The quantitative estimate of drug-likeness (QED) is 0.607. The van der Waals surface area contributed by atoms with E-state index in [4.69, 9.17) is 21.1 Å². The van der Waals surface area contributed by atoms with Crippen LogP contribution in [0.5, 0.6) is 5.75 Å². The third-order valence-corrected chi connectivity index (χ3v) is 3.43. The fraction of sp³-hybridized carbons (Fsp3) is 0.200. The van der Waals surface area contributed by atoms with Crippen LogP contribution in [0, 0.1) is 0 Å². The summed E-state index contributed by atoms with van der Waals surface area (Å²) in [7, 11) is 1.61. The van der Waals surface area contributed by atoms with Crippen LogP contribution < -0.4 is 10.1 Å². The van der Waals surface area contributed by atoms with Gasteiger partial charge in [0.05, 0.1) is 12.2 Å². The van der Waals surface area contributed by atoms with Gasteiger partial charge in [-0.15, -0.1) is 0 Å². The molecule has 0 atom stereocenters. The van der Waals surface area contributed by atoms with E-state index < -0.39 is 0 Å². The molecule has 5 nitrogen and oxygen atoms in total. The molecule has 0 unspecified atom stereocenters. The van der Waals surface area contributed by atoms with Gasteiger partial charge >= 0.3 is 0 Å². The van der Waals surface area contributed by atoms with E-state index in [2.05, 4.69) is 26.2 Å². The average molecular weight is 386 g/mol. The molecule has 0 aliphatic carbocycles. The monoisotopic (exact) mass is 384 g/mol. The maximum Gasteiger partial charge on any atom is 0.258 e. The van der Waals surface area contributed by atoms with E-state index in [1.54, 1.807) is 37.4 Å². The first-order valence-electron chi connectivity index (χ1n) is 6.44. The Morgan fingerprint density at radius 2 is 2.18 bits per heavy atom. The lowest BCUT2D eigenvalue weighted by molar-refractivity contribution is 0.102. The van der Waals surface area contributed by atoms with E-state index in [0.717, 1.165) is 0 Å². The molecule has 0 saturated carbocycles. The highest BCUT2D eigenvalue weighted by Crippen LogP contribution is 2.21. The molecule has 2 rings (SSSR count). The number of anilines is 1.